The van der Waals surface area contributed by atoms with E-state index in [-0.39, 0.29) is 0 Å². The highest BCUT2D eigenvalue weighted by molar-refractivity contribution is 4.85. The minimum Gasteiger partial charge on any atom is -0.329 e. The van der Waals surface area contributed by atoms with Gasteiger partial charge in [-0.05, 0) is 38.6 Å². The molecule has 0 bridgehead atoms. The third-order valence-electron chi connectivity index (χ3n) is 4.32. The summed E-state index contributed by atoms with van der Waals surface area (Å²) in [7, 11) is 2.25. The summed E-state index contributed by atoms with van der Waals surface area (Å²) < 4.78 is 0. The van der Waals surface area contributed by atoms with Crippen molar-refractivity contribution in [1.82, 2.24) is 4.90 Å². The molecule has 1 saturated carbocycles. The lowest BCUT2D eigenvalue weighted by Crippen LogP contribution is -2.48. The zero-order valence-corrected chi connectivity index (χ0v) is 10.9. The maximum absolute atomic E-state index is 5.95. The summed E-state index contributed by atoms with van der Waals surface area (Å²) in [6, 6.07) is 1.24. The number of hydrogen-bond acceptors (Lipinski definition) is 2. The van der Waals surface area contributed by atoms with Gasteiger partial charge in [0.25, 0.3) is 0 Å². The number of hydrogen-bond donors (Lipinski definition) is 1. The van der Waals surface area contributed by atoms with Crippen LogP contribution < -0.4 is 5.73 Å². The minimum absolute atomic E-state index is 0.602. The van der Waals surface area contributed by atoms with Gasteiger partial charge in [-0.15, -0.1) is 0 Å². The molecule has 1 aliphatic carbocycles. The van der Waals surface area contributed by atoms with Gasteiger partial charge in [0.2, 0.25) is 0 Å². The smallest absolute Gasteiger partial charge is 0.0246 e. The fraction of sp³-hybridized carbons (Fsp3) is 1.00. The highest BCUT2D eigenvalue weighted by Crippen LogP contribution is 2.30. The molecule has 0 spiro atoms. The van der Waals surface area contributed by atoms with Crippen LogP contribution >= 0.6 is 0 Å². The normalized spacial score (nSPS) is 22.6. The van der Waals surface area contributed by atoms with Gasteiger partial charge in [0.15, 0.2) is 0 Å². The quantitative estimate of drug-likeness (QED) is 0.758. The first kappa shape index (κ1) is 13.0. The zero-order valence-electron chi connectivity index (χ0n) is 10.9. The van der Waals surface area contributed by atoms with Crippen LogP contribution in [0.4, 0.5) is 0 Å². The fourth-order valence-electron chi connectivity index (χ4n) is 2.81. The summed E-state index contributed by atoms with van der Waals surface area (Å²) in [5.74, 6) is 1.56. The Balaban J connectivity index is 2.56. The maximum Gasteiger partial charge on any atom is 0.0246 e. The van der Waals surface area contributed by atoms with Crippen molar-refractivity contribution in [2.45, 2.75) is 58.5 Å². The van der Waals surface area contributed by atoms with Crippen molar-refractivity contribution in [3.63, 3.8) is 0 Å². The minimum atomic E-state index is 0.602. The molecule has 0 heterocycles. The number of nitrogens with two attached hydrogens (primary N) is 1. The zero-order chi connectivity index (χ0) is 11.4. The maximum atomic E-state index is 5.95. The monoisotopic (exact) mass is 212 g/mol. The molecule has 2 unspecified atom stereocenters. The van der Waals surface area contributed by atoms with Gasteiger partial charge < -0.3 is 5.73 Å². The molecule has 0 aromatic rings. The summed E-state index contributed by atoms with van der Waals surface area (Å²) in [5.41, 5.74) is 5.95. The van der Waals surface area contributed by atoms with Gasteiger partial charge >= 0.3 is 0 Å². The predicted octanol–water partition coefficient (Wildman–Crippen LogP) is 2.48. The summed E-state index contributed by atoms with van der Waals surface area (Å²) >= 11 is 0. The number of nitrogens with zero attached hydrogens (tertiary/aromatic N) is 1. The Morgan fingerprint density at radius 2 is 1.73 bits per heavy atom. The Labute approximate surface area is 95.2 Å². The van der Waals surface area contributed by atoms with E-state index >= 15 is 0 Å². The molecular formula is C13H28N2. The SMILES string of the molecule is CC(C)C(C)N(C)C(CN)C1CCCC1. The first-order valence-corrected chi connectivity index (χ1v) is 6.50. The van der Waals surface area contributed by atoms with Gasteiger partial charge in [0, 0.05) is 18.6 Å². The van der Waals surface area contributed by atoms with Crippen molar-refractivity contribution in [3.05, 3.63) is 0 Å². The van der Waals surface area contributed by atoms with Crippen LogP contribution in [-0.4, -0.2) is 30.6 Å². The van der Waals surface area contributed by atoms with E-state index in [9.17, 15) is 0 Å². The molecule has 2 heteroatoms. The highest BCUT2D eigenvalue weighted by atomic mass is 15.2. The molecule has 1 fully saturated rings. The molecule has 0 amide bonds. The Morgan fingerprint density at radius 1 is 1.20 bits per heavy atom. The van der Waals surface area contributed by atoms with E-state index in [0.717, 1.165) is 12.5 Å². The first-order chi connectivity index (χ1) is 7.07. The van der Waals surface area contributed by atoms with Crippen molar-refractivity contribution in [1.29, 1.82) is 0 Å². The topological polar surface area (TPSA) is 29.3 Å². The molecule has 15 heavy (non-hydrogen) atoms. The molecule has 0 aromatic carbocycles. The average Bonchev–Trinajstić information content (AvgIpc) is 2.70. The summed E-state index contributed by atoms with van der Waals surface area (Å²) in [4.78, 5) is 2.51. The van der Waals surface area contributed by atoms with Crippen LogP contribution in [0.25, 0.3) is 0 Å². The van der Waals surface area contributed by atoms with Gasteiger partial charge in [-0.2, -0.15) is 0 Å². The van der Waals surface area contributed by atoms with Gasteiger partial charge in [0.1, 0.15) is 0 Å². The molecular weight excluding hydrogens is 184 g/mol. The van der Waals surface area contributed by atoms with Crippen molar-refractivity contribution < 1.29 is 0 Å². The van der Waals surface area contributed by atoms with Crippen molar-refractivity contribution >= 4 is 0 Å². The Kier molecular flexibility index (Phi) is 5.07. The molecule has 1 aliphatic rings. The first-order valence-electron chi connectivity index (χ1n) is 6.50. The Morgan fingerprint density at radius 3 is 2.13 bits per heavy atom. The van der Waals surface area contributed by atoms with E-state index < -0.39 is 0 Å². The van der Waals surface area contributed by atoms with Gasteiger partial charge in [-0.25, -0.2) is 0 Å². The van der Waals surface area contributed by atoms with E-state index in [0.29, 0.717) is 18.0 Å². The average molecular weight is 212 g/mol. The van der Waals surface area contributed by atoms with Crippen LogP contribution in [0.15, 0.2) is 0 Å². The van der Waals surface area contributed by atoms with Gasteiger partial charge in [0.05, 0.1) is 0 Å². The third kappa shape index (κ3) is 3.18. The molecule has 2 atom stereocenters. The van der Waals surface area contributed by atoms with Crippen molar-refractivity contribution in [2.24, 2.45) is 17.6 Å². The standard InChI is InChI=1S/C13H28N2/c1-10(2)11(3)15(4)13(9-14)12-7-5-6-8-12/h10-13H,5-9,14H2,1-4H3. The number of rotatable bonds is 5. The summed E-state index contributed by atoms with van der Waals surface area (Å²) in [6.45, 7) is 7.73. The molecule has 2 nitrogen and oxygen atoms in total. The number of likely N-dealkylation sites (N-methyl/N-ethyl adjacent to an activating group) is 1. The van der Waals surface area contributed by atoms with Crippen LogP contribution in [0.3, 0.4) is 0 Å². The van der Waals surface area contributed by atoms with Gasteiger partial charge in [-0.3, -0.25) is 4.90 Å². The van der Waals surface area contributed by atoms with Gasteiger partial charge in [-0.1, -0.05) is 26.7 Å². The molecule has 0 saturated heterocycles. The van der Waals surface area contributed by atoms with Crippen LogP contribution in [-0.2, 0) is 0 Å². The van der Waals surface area contributed by atoms with Crippen molar-refractivity contribution in [2.75, 3.05) is 13.6 Å². The Bertz CT molecular complexity index is 173. The van der Waals surface area contributed by atoms with Crippen LogP contribution in [0.5, 0.6) is 0 Å². The molecule has 0 aromatic heterocycles. The molecule has 1 rings (SSSR count). The van der Waals surface area contributed by atoms with Crippen LogP contribution in [0, 0.1) is 11.8 Å². The molecule has 2 N–H and O–H groups in total. The fourth-order valence-corrected chi connectivity index (χ4v) is 2.81. The highest BCUT2D eigenvalue weighted by Gasteiger charge is 2.29. The summed E-state index contributed by atoms with van der Waals surface area (Å²) in [5, 5.41) is 0. The van der Waals surface area contributed by atoms with Crippen molar-refractivity contribution in [3.8, 4) is 0 Å². The second-order valence-electron chi connectivity index (χ2n) is 5.50. The van der Waals surface area contributed by atoms with E-state index in [1.165, 1.54) is 25.7 Å². The van der Waals surface area contributed by atoms with E-state index in [1.54, 1.807) is 0 Å². The van der Waals surface area contributed by atoms with E-state index in [1.807, 2.05) is 0 Å². The van der Waals surface area contributed by atoms with E-state index in [2.05, 4.69) is 32.7 Å². The molecule has 0 radical (unpaired) electrons. The second-order valence-corrected chi connectivity index (χ2v) is 5.50. The molecule has 90 valence electrons. The van der Waals surface area contributed by atoms with Crippen LogP contribution in [0.2, 0.25) is 0 Å². The van der Waals surface area contributed by atoms with Crippen LogP contribution in [0.1, 0.15) is 46.5 Å². The third-order valence-corrected chi connectivity index (χ3v) is 4.32. The van der Waals surface area contributed by atoms with E-state index in [4.69, 9.17) is 5.73 Å². The largest absolute Gasteiger partial charge is 0.329 e. The summed E-state index contributed by atoms with van der Waals surface area (Å²) in [6.07, 6.45) is 5.59. The molecule has 0 aliphatic heterocycles. The lowest BCUT2D eigenvalue weighted by atomic mass is 9.93. The Hall–Kier alpha value is -0.0800. The predicted molar refractivity (Wildman–Crippen MR) is 66.9 cm³/mol. The lowest BCUT2D eigenvalue weighted by molar-refractivity contribution is 0.111. The second kappa shape index (κ2) is 5.86. The lowest BCUT2D eigenvalue weighted by Gasteiger charge is -2.38.